The van der Waals surface area contributed by atoms with Gasteiger partial charge in [0.15, 0.2) is 0 Å². The summed E-state index contributed by atoms with van der Waals surface area (Å²) in [6, 6.07) is 5.65. The molecule has 4 heteroatoms. The van der Waals surface area contributed by atoms with Gasteiger partial charge in [0.2, 0.25) is 0 Å². The molecule has 0 bridgehead atoms. The van der Waals surface area contributed by atoms with E-state index in [1.54, 1.807) is 19.9 Å². The Morgan fingerprint density at radius 3 is 2.71 bits per heavy atom. The molecule has 0 atom stereocenters. The van der Waals surface area contributed by atoms with E-state index in [1.807, 2.05) is 19.1 Å². The van der Waals surface area contributed by atoms with Crippen LogP contribution in [0.4, 0.5) is 0 Å². The van der Waals surface area contributed by atoms with Crippen molar-refractivity contribution in [3.05, 3.63) is 28.8 Å². The predicted molar refractivity (Wildman–Crippen MR) is 70.6 cm³/mol. The van der Waals surface area contributed by atoms with Gasteiger partial charge in [-0.15, -0.1) is 0 Å². The minimum atomic E-state index is -0.866. The third-order valence-electron chi connectivity index (χ3n) is 2.18. The molecule has 96 valence electrons. The van der Waals surface area contributed by atoms with E-state index in [-0.39, 0.29) is 6.61 Å². The maximum absolute atomic E-state index is 9.65. The van der Waals surface area contributed by atoms with Crippen LogP contribution in [0.2, 0.25) is 5.02 Å². The molecule has 0 radical (unpaired) electrons. The fourth-order valence-corrected chi connectivity index (χ4v) is 1.61. The Kier molecular flexibility index (Phi) is 5.25. The van der Waals surface area contributed by atoms with E-state index >= 15 is 0 Å². The molecule has 0 aliphatic heterocycles. The molecule has 0 saturated heterocycles. The first-order valence-electron chi connectivity index (χ1n) is 5.77. The molecule has 0 spiro atoms. The van der Waals surface area contributed by atoms with E-state index in [4.69, 9.17) is 16.3 Å². The van der Waals surface area contributed by atoms with E-state index in [0.29, 0.717) is 17.3 Å². The number of rotatable bonds is 6. The molecular formula is C13H20ClNO2. The molecule has 1 aromatic rings. The molecule has 1 rings (SSSR count). The Morgan fingerprint density at radius 2 is 2.12 bits per heavy atom. The molecule has 3 nitrogen and oxygen atoms in total. The second-order valence-corrected chi connectivity index (χ2v) is 5.02. The van der Waals surface area contributed by atoms with Crippen LogP contribution in [0.5, 0.6) is 5.75 Å². The second kappa shape index (κ2) is 6.24. The van der Waals surface area contributed by atoms with Crippen LogP contribution in [0.1, 0.15) is 26.3 Å². The fourth-order valence-electron chi connectivity index (χ4n) is 1.36. The standard InChI is InChI=1S/C13H20ClNO2/c1-4-15-8-10-6-5-7-11(14)12(10)17-9-13(2,3)16/h5-7,15-16H,4,8-9H2,1-3H3. The van der Waals surface area contributed by atoms with Crippen LogP contribution in [-0.4, -0.2) is 23.9 Å². The molecule has 0 aliphatic rings. The zero-order valence-electron chi connectivity index (χ0n) is 10.6. The van der Waals surface area contributed by atoms with Crippen molar-refractivity contribution in [2.75, 3.05) is 13.2 Å². The van der Waals surface area contributed by atoms with Gasteiger partial charge in [0.1, 0.15) is 12.4 Å². The van der Waals surface area contributed by atoms with E-state index in [9.17, 15) is 5.11 Å². The van der Waals surface area contributed by atoms with E-state index in [0.717, 1.165) is 12.1 Å². The normalized spacial score (nSPS) is 11.6. The van der Waals surface area contributed by atoms with Gasteiger partial charge in [-0.1, -0.05) is 30.7 Å². The van der Waals surface area contributed by atoms with Gasteiger partial charge in [0, 0.05) is 12.1 Å². The van der Waals surface area contributed by atoms with Crippen molar-refractivity contribution in [2.45, 2.75) is 32.9 Å². The van der Waals surface area contributed by atoms with Crippen LogP contribution in [-0.2, 0) is 6.54 Å². The Hall–Kier alpha value is -0.770. The van der Waals surface area contributed by atoms with Gasteiger partial charge in [0.05, 0.1) is 10.6 Å². The number of nitrogens with one attached hydrogen (secondary N) is 1. The third-order valence-corrected chi connectivity index (χ3v) is 2.48. The highest BCUT2D eigenvalue weighted by molar-refractivity contribution is 6.32. The lowest BCUT2D eigenvalue weighted by Gasteiger charge is -2.20. The summed E-state index contributed by atoms with van der Waals surface area (Å²) in [6.07, 6.45) is 0. The Morgan fingerprint density at radius 1 is 1.41 bits per heavy atom. The summed E-state index contributed by atoms with van der Waals surface area (Å²) in [5.41, 5.74) is 0.137. The molecule has 2 N–H and O–H groups in total. The number of para-hydroxylation sites is 1. The van der Waals surface area contributed by atoms with E-state index in [1.165, 1.54) is 0 Å². The van der Waals surface area contributed by atoms with Crippen LogP contribution in [0.25, 0.3) is 0 Å². The maximum Gasteiger partial charge on any atom is 0.142 e. The molecule has 1 aromatic carbocycles. The van der Waals surface area contributed by atoms with Crippen LogP contribution in [0.15, 0.2) is 18.2 Å². The summed E-state index contributed by atoms with van der Waals surface area (Å²) in [6.45, 7) is 7.26. The Balaban J connectivity index is 2.80. The van der Waals surface area contributed by atoms with Crippen LogP contribution >= 0.6 is 11.6 Å². The number of ether oxygens (including phenoxy) is 1. The summed E-state index contributed by atoms with van der Waals surface area (Å²) < 4.78 is 5.61. The Labute approximate surface area is 108 Å². The van der Waals surface area contributed by atoms with Crippen LogP contribution < -0.4 is 10.1 Å². The molecule has 0 unspecified atom stereocenters. The highest BCUT2D eigenvalue weighted by Crippen LogP contribution is 2.29. The van der Waals surface area contributed by atoms with Gasteiger partial charge in [-0.05, 0) is 26.5 Å². The minimum absolute atomic E-state index is 0.218. The molecule has 0 fully saturated rings. The molecule has 0 aromatic heterocycles. The lowest BCUT2D eigenvalue weighted by Crippen LogP contribution is -2.28. The maximum atomic E-state index is 9.65. The largest absolute Gasteiger partial charge is 0.489 e. The number of halogens is 1. The number of hydrogen-bond acceptors (Lipinski definition) is 3. The van der Waals surface area contributed by atoms with Crippen molar-refractivity contribution in [1.29, 1.82) is 0 Å². The summed E-state index contributed by atoms with van der Waals surface area (Å²) in [7, 11) is 0. The van der Waals surface area contributed by atoms with Gasteiger partial charge in [-0.3, -0.25) is 0 Å². The van der Waals surface area contributed by atoms with Gasteiger partial charge < -0.3 is 15.2 Å². The molecule has 0 saturated carbocycles. The quantitative estimate of drug-likeness (QED) is 0.823. The molecule has 17 heavy (non-hydrogen) atoms. The van der Waals surface area contributed by atoms with Gasteiger partial charge >= 0.3 is 0 Å². The smallest absolute Gasteiger partial charge is 0.142 e. The summed E-state index contributed by atoms with van der Waals surface area (Å²) in [5, 5.41) is 13.5. The number of aliphatic hydroxyl groups is 1. The number of benzene rings is 1. The van der Waals surface area contributed by atoms with Crippen LogP contribution in [0.3, 0.4) is 0 Å². The van der Waals surface area contributed by atoms with Crippen molar-refractivity contribution in [3.8, 4) is 5.75 Å². The SMILES string of the molecule is CCNCc1cccc(Cl)c1OCC(C)(C)O. The van der Waals surface area contributed by atoms with Crippen molar-refractivity contribution in [1.82, 2.24) is 5.32 Å². The summed E-state index contributed by atoms with van der Waals surface area (Å²) in [4.78, 5) is 0. The molecule has 0 amide bonds. The second-order valence-electron chi connectivity index (χ2n) is 4.61. The van der Waals surface area contributed by atoms with Crippen molar-refractivity contribution >= 4 is 11.6 Å². The zero-order valence-corrected chi connectivity index (χ0v) is 11.3. The van der Waals surface area contributed by atoms with Crippen molar-refractivity contribution < 1.29 is 9.84 Å². The third kappa shape index (κ3) is 4.94. The first-order valence-corrected chi connectivity index (χ1v) is 6.15. The van der Waals surface area contributed by atoms with E-state index in [2.05, 4.69) is 5.32 Å². The first-order chi connectivity index (χ1) is 7.94. The summed E-state index contributed by atoms with van der Waals surface area (Å²) in [5.74, 6) is 0.650. The first kappa shape index (κ1) is 14.3. The highest BCUT2D eigenvalue weighted by atomic mass is 35.5. The lowest BCUT2D eigenvalue weighted by atomic mass is 10.1. The minimum Gasteiger partial charge on any atom is -0.489 e. The molecule has 0 aliphatic carbocycles. The lowest BCUT2D eigenvalue weighted by molar-refractivity contribution is 0.0282. The Bertz CT molecular complexity index is 361. The predicted octanol–water partition coefficient (Wildman–Crippen LogP) is 2.60. The van der Waals surface area contributed by atoms with E-state index < -0.39 is 5.60 Å². The van der Waals surface area contributed by atoms with Gasteiger partial charge in [0.25, 0.3) is 0 Å². The van der Waals surface area contributed by atoms with Crippen molar-refractivity contribution in [3.63, 3.8) is 0 Å². The zero-order chi connectivity index (χ0) is 12.9. The average Bonchev–Trinajstić information content (AvgIpc) is 2.23. The van der Waals surface area contributed by atoms with Gasteiger partial charge in [-0.2, -0.15) is 0 Å². The van der Waals surface area contributed by atoms with Crippen molar-refractivity contribution in [2.24, 2.45) is 0 Å². The topological polar surface area (TPSA) is 41.5 Å². The monoisotopic (exact) mass is 257 g/mol. The number of hydrogen-bond donors (Lipinski definition) is 2. The average molecular weight is 258 g/mol. The molecular weight excluding hydrogens is 238 g/mol. The molecule has 0 heterocycles. The summed E-state index contributed by atoms with van der Waals surface area (Å²) >= 11 is 6.10. The fraction of sp³-hybridized carbons (Fsp3) is 0.538. The van der Waals surface area contributed by atoms with Crippen LogP contribution in [0, 0.1) is 0 Å². The highest BCUT2D eigenvalue weighted by Gasteiger charge is 2.16. The van der Waals surface area contributed by atoms with Gasteiger partial charge in [-0.25, -0.2) is 0 Å².